The number of nitrogens with zero attached hydrogens (tertiary/aromatic N) is 2. The van der Waals surface area contributed by atoms with E-state index < -0.39 is 24.7 Å². The van der Waals surface area contributed by atoms with Gasteiger partial charge < -0.3 is 10.1 Å². The highest BCUT2D eigenvalue weighted by molar-refractivity contribution is 5.94. The summed E-state index contributed by atoms with van der Waals surface area (Å²) in [6, 6.07) is 5.58. The van der Waals surface area contributed by atoms with E-state index in [-0.39, 0.29) is 18.1 Å². The van der Waals surface area contributed by atoms with Crippen LogP contribution in [0.25, 0.3) is 0 Å². The number of alkyl halides is 3. The van der Waals surface area contributed by atoms with Gasteiger partial charge in [0.05, 0.1) is 6.04 Å². The van der Waals surface area contributed by atoms with Crippen molar-refractivity contribution in [2.75, 3.05) is 6.61 Å². The SMILES string of the molecule is CCC(=O)Cc1cc(C(=O)NC(C)c2cc(C)nc(OCC(F)(F)F)c2)ccn1. The van der Waals surface area contributed by atoms with Crippen LogP contribution in [-0.2, 0) is 11.2 Å². The molecule has 2 rings (SSSR count). The number of carbonyl (C=O) groups is 2. The lowest BCUT2D eigenvalue weighted by atomic mass is 10.1. The van der Waals surface area contributed by atoms with Gasteiger partial charge in [-0.05, 0) is 37.6 Å². The quantitative estimate of drug-likeness (QED) is 0.718. The molecular formula is C20H22F3N3O3. The van der Waals surface area contributed by atoms with Crippen LogP contribution in [0.5, 0.6) is 5.88 Å². The first-order chi connectivity index (χ1) is 13.6. The Morgan fingerprint density at radius 1 is 1.24 bits per heavy atom. The van der Waals surface area contributed by atoms with E-state index in [2.05, 4.69) is 15.3 Å². The van der Waals surface area contributed by atoms with Crippen LogP contribution in [0.4, 0.5) is 13.2 Å². The fourth-order valence-electron chi connectivity index (χ4n) is 2.55. The zero-order valence-corrected chi connectivity index (χ0v) is 16.3. The van der Waals surface area contributed by atoms with Crippen LogP contribution in [-0.4, -0.2) is 34.4 Å². The van der Waals surface area contributed by atoms with Crippen molar-refractivity contribution in [3.63, 3.8) is 0 Å². The standard InChI is InChI=1S/C20H22F3N3O3/c1-4-17(27)10-16-8-14(5-6-24-16)19(28)26-13(3)15-7-12(2)25-18(9-15)29-11-20(21,22)23/h5-9,13H,4,10-11H2,1-3H3,(H,26,28). The lowest BCUT2D eigenvalue weighted by Crippen LogP contribution is -2.27. The molecule has 0 fully saturated rings. The first-order valence-electron chi connectivity index (χ1n) is 9.03. The normalized spacial score (nSPS) is 12.3. The third-order valence-electron chi connectivity index (χ3n) is 4.03. The van der Waals surface area contributed by atoms with Gasteiger partial charge in [-0.2, -0.15) is 13.2 Å². The summed E-state index contributed by atoms with van der Waals surface area (Å²) >= 11 is 0. The number of rotatable bonds is 8. The van der Waals surface area contributed by atoms with E-state index in [0.29, 0.717) is 28.9 Å². The Labute approximate surface area is 166 Å². The van der Waals surface area contributed by atoms with Crippen LogP contribution >= 0.6 is 0 Å². The number of aromatic nitrogens is 2. The van der Waals surface area contributed by atoms with Crippen LogP contribution < -0.4 is 10.1 Å². The van der Waals surface area contributed by atoms with Crippen molar-refractivity contribution in [1.82, 2.24) is 15.3 Å². The zero-order chi connectivity index (χ0) is 21.6. The molecule has 1 amide bonds. The molecule has 1 unspecified atom stereocenters. The molecular weight excluding hydrogens is 387 g/mol. The molecule has 2 aromatic rings. The molecule has 0 aliphatic heterocycles. The summed E-state index contributed by atoms with van der Waals surface area (Å²) in [4.78, 5) is 32.1. The van der Waals surface area contributed by atoms with Crippen LogP contribution in [0.1, 0.15) is 53.6 Å². The van der Waals surface area contributed by atoms with Crippen LogP contribution in [0, 0.1) is 6.92 Å². The van der Waals surface area contributed by atoms with Gasteiger partial charge in [0.15, 0.2) is 6.61 Å². The summed E-state index contributed by atoms with van der Waals surface area (Å²) in [5.41, 5.74) is 1.85. The van der Waals surface area contributed by atoms with Gasteiger partial charge in [0.2, 0.25) is 5.88 Å². The molecule has 0 radical (unpaired) electrons. The molecule has 0 spiro atoms. The number of pyridine rings is 2. The number of amides is 1. The summed E-state index contributed by atoms with van der Waals surface area (Å²) in [7, 11) is 0. The van der Waals surface area contributed by atoms with Crippen LogP contribution in [0.3, 0.4) is 0 Å². The predicted octanol–water partition coefficient (Wildman–Crippen LogP) is 3.74. The van der Waals surface area contributed by atoms with E-state index in [1.807, 2.05) is 0 Å². The Morgan fingerprint density at radius 2 is 1.97 bits per heavy atom. The minimum absolute atomic E-state index is 0.0158. The molecule has 1 atom stereocenters. The van der Waals surface area contributed by atoms with Gasteiger partial charge in [-0.15, -0.1) is 0 Å². The number of Topliss-reactive ketones (excluding diaryl/α,β-unsaturated/α-hetero) is 1. The van der Waals surface area contributed by atoms with Gasteiger partial charge >= 0.3 is 6.18 Å². The Hall–Kier alpha value is -2.97. The number of ether oxygens (including phenoxy) is 1. The molecule has 0 aliphatic rings. The molecule has 0 aromatic carbocycles. The van der Waals surface area contributed by atoms with Crippen molar-refractivity contribution in [3.8, 4) is 5.88 Å². The number of carbonyl (C=O) groups excluding carboxylic acids is 2. The summed E-state index contributed by atoms with van der Waals surface area (Å²) in [5, 5.41) is 2.78. The topological polar surface area (TPSA) is 81.2 Å². The molecule has 0 aliphatic carbocycles. The van der Waals surface area contributed by atoms with Gasteiger partial charge in [0, 0.05) is 42.1 Å². The molecule has 0 saturated carbocycles. The second-order valence-electron chi connectivity index (χ2n) is 6.58. The van der Waals surface area contributed by atoms with E-state index in [0.717, 1.165) is 0 Å². The first-order valence-corrected chi connectivity index (χ1v) is 9.03. The lowest BCUT2D eigenvalue weighted by Gasteiger charge is -2.17. The molecule has 6 nitrogen and oxygen atoms in total. The van der Waals surface area contributed by atoms with Gasteiger partial charge in [-0.25, -0.2) is 4.98 Å². The summed E-state index contributed by atoms with van der Waals surface area (Å²) in [6.45, 7) is 3.63. The maximum absolute atomic E-state index is 12.5. The van der Waals surface area contributed by atoms with E-state index >= 15 is 0 Å². The van der Waals surface area contributed by atoms with Gasteiger partial charge in [-0.3, -0.25) is 14.6 Å². The van der Waals surface area contributed by atoms with Crippen molar-refractivity contribution in [3.05, 3.63) is 53.0 Å². The first kappa shape index (κ1) is 22.3. The number of aryl methyl sites for hydroxylation is 1. The molecule has 0 saturated heterocycles. The Bertz CT molecular complexity index is 885. The minimum atomic E-state index is -4.47. The maximum Gasteiger partial charge on any atom is 0.422 e. The second-order valence-corrected chi connectivity index (χ2v) is 6.58. The largest absolute Gasteiger partial charge is 0.468 e. The van der Waals surface area contributed by atoms with Crippen LogP contribution in [0.2, 0.25) is 0 Å². The Morgan fingerprint density at radius 3 is 2.62 bits per heavy atom. The van der Waals surface area contributed by atoms with Crippen molar-refractivity contribution in [2.45, 2.75) is 45.8 Å². The lowest BCUT2D eigenvalue weighted by molar-refractivity contribution is -0.154. The second kappa shape index (κ2) is 9.49. The molecule has 0 bridgehead atoms. The number of ketones is 1. The van der Waals surface area contributed by atoms with Crippen LogP contribution in [0.15, 0.2) is 30.5 Å². The Kier molecular flexibility index (Phi) is 7.30. The van der Waals surface area contributed by atoms with E-state index in [9.17, 15) is 22.8 Å². The number of hydrogen-bond donors (Lipinski definition) is 1. The molecule has 2 heterocycles. The summed E-state index contributed by atoms with van der Waals surface area (Å²) in [6.07, 6.45) is -2.48. The molecule has 156 valence electrons. The summed E-state index contributed by atoms with van der Waals surface area (Å²) < 4.78 is 41.8. The van der Waals surface area contributed by atoms with Gasteiger partial charge in [0.25, 0.3) is 5.91 Å². The highest BCUT2D eigenvalue weighted by Gasteiger charge is 2.28. The molecule has 2 aromatic heterocycles. The zero-order valence-electron chi connectivity index (χ0n) is 16.3. The van der Waals surface area contributed by atoms with E-state index in [4.69, 9.17) is 4.74 Å². The molecule has 1 N–H and O–H groups in total. The maximum atomic E-state index is 12.5. The number of hydrogen-bond acceptors (Lipinski definition) is 5. The highest BCUT2D eigenvalue weighted by atomic mass is 19.4. The fraction of sp³-hybridized carbons (Fsp3) is 0.400. The smallest absolute Gasteiger partial charge is 0.422 e. The van der Waals surface area contributed by atoms with Crippen molar-refractivity contribution in [2.24, 2.45) is 0 Å². The summed E-state index contributed by atoms with van der Waals surface area (Å²) in [5.74, 6) is -0.540. The average molecular weight is 409 g/mol. The van der Waals surface area contributed by atoms with Gasteiger partial charge in [0.1, 0.15) is 5.78 Å². The van der Waals surface area contributed by atoms with Crippen molar-refractivity contribution in [1.29, 1.82) is 0 Å². The predicted molar refractivity (Wildman–Crippen MR) is 99.6 cm³/mol. The molecule has 29 heavy (non-hydrogen) atoms. The minimum Gasteiger partial charge on any atom is -0.468 e. The van der Waals surface area contributed by atoms with Gasteiger partial charge in [-0.1, -0.05) is 6.92 Å². The number of halogens is 3. The number of nitrogens with one attached hydrogen (secondary N) is 1. The van der Waals surface area contributed by atoms with Crippen molar-refractivity contribution < 1.29 is 27.5 Å². The fourth-order valence-corrected chi connectivity index (χ4v) is 2.55. The third kappa shape index (κ3) is 7.17. The third-order valence-corrected chi connectivity index (χ3v) is 4.03. The molecule has 9 heteroatoms. The van der Waals surface area contributed by atoms with E-state index in [1.54, 1.807) is 32.9 Å². The van der Waals surface area contributed by atoms with E-state index in [1.165, 1.54) is 18.3 Å². The Balaban J connectivity index is 2.10. The highest BCUT2D eigenvalue weighted by Crippen LogP contribution is 2.22. The average Bonchev–Trinajstić information content (AvgIpc) is 2.65. The monoisotopic (exact) mass is 409 g/mol. The van der Waals surface area contributed by atoms with Crippen molar-refractivity contribution >= 4 is 11.7 Å².